The fraction of sp³-hybridized carbons (Fsp3) is 0.273. The molecule has 0 N–H and O–H groups in total. The molecule has 0 heterocycles. The molecule has 0 aliphatic carbocycles. The van der Waals surface area contributed by atoms with Crippen molar-refractivity contribution in [3.05, 3.63) is 95.5 Å². The second-order valence-corrected chi connectivity index (χ2v) is 10.2. The number of hydrogen-bond donors (Lipinski definition) is 0. The normalized spacial score (nSPS) is 11.8. The van der Waals surface area contributed by atoms with E-state index in [9.17, 15) is 14.1 Å². The molecule has 0 bridgehead atoms. The monoisotopic (exact) mass is 663 g/mol. The molecule has 0 atom stereocenters. The molecule has 2 aromatic carbocycles. The number of benzene rings is 2. The summed E-state index contributed by atoms with van der Waals surface area (Å²) in [5.74, 6) is 0. The van der Waals surface area contributed by atoms with Gasteiger partial charge in [-0.3, -0.25) is 0 Å². The summed E-state index contributed by atoms with van der Waals surface area (Å²) in [5.41, 5.74) is 8.80. The molecule has 2 rings (SSSR count). The van der Waals surface area contributed by atoms with Crippen LogP contribution in [0.2, 0.25) is 0 Å². The van der Waals surface area contributed by atoms with Crippen molar-refractivity contribution >= 4 is 31.7 Å². The van der Waals surface area contributed by atoms with Gasteiger partial charge < -0.3 is 30.2 Å². The van der Waals surface area contributed by atoms with Crippen molar-refractivity contribution in [3.63, 3.8) is 0 Å². The molecule has 0 radical (unpaired) electrons. The van der Waals surface area contributed by atoms with E-state index in [-0.39, 0.29) is 40.0 Å². The number of hydrogen-bond acceptors (Lipinski definition) is 0. The zero-order chi connectivity index (χ0) is 21.7. The van der Waals surface area contributed by atoms with Gasteiger partial charge in [-0.1, -0.05) is 72.5 Å². The van der Waals surface area contributed by atoms with Gasteiger partial charge in [0.25, 0.3) is 0 Å². The van der Waals surface area contributed by atoms with Crippen LogP contribution in [0.1, 0.15) is 36.1 Å². The minimum Gasteiger partial charge on any atom is 0 e. The van der Waals surface area contributed by atoms with Crippen LogP contribution < -0.4 is 4.70 Å². The van der Waals surface area contributed by atoms with Crippen LogP contribution in [-0.2, 0) is 20.4 Å². The Morgan fingerprint density at radius 2 is 0.812 bits per heavy atom. The summed E-state index contributed by atoms with van der Waals surface area (Å²) in [4.78, 5) is 0. The molecule has 0 aliphatic heterocycles. The molecule has 190 valence electrons. The molecule has 0 fully saturated rings. The molecule has 0 unspecified atom stereocenters. The van der Waals surface area contributed by atoms with E-state index in [0.717, 1.165) is 22.8 Å². The molecule has 0 aliphatic rings. The van der Waals surface area contributed by atoms with E-state index in [1.165, 1.54) is 22.3 Å². The maximum absolute atomic E-state index is 9.91. The van der Waals surface area contributed by atoms with Gasteiger partial charge in [-0.2, -0.15) is 11.4 Å². The number of rotatable bonds is 4. The van der Waals surface area contributed by atoms with Gasteiger partial charge in [0.15, 0.2) is 0 Å². The molecule has 2 aromatic rings. The first kappa shape index (κ1) is 38.1. The third-order valence-electron chi connectivity index (χ3n) is 3.96. The third kappa shape index (κ3) is 14.8. The molecule has 0 saturated carbocycles. The van der Waals surface area contributed by atoms with E-state index in [0.29, 0.717) is 0 Å². The second-order valence-electron chi connectivity index (χ2n) is 6.51. The van der Waals surface area contributed by atoms with Crippen LogP contribution in [-0.4, -0.2) is 20.3 Å². The van der Waals surface area contributed by atoms with Gasteiger partial charge in [-0.05, 0) is 27.7 Å². The SMILES string of the molecule is CC([N-]c1c(C)cccc1C)=C(C)[N-]c1c(C)cccc1C.[CH3-].[CH3-].[F-].[F][Sb]([F])([F])([F])[F].[Pd]. The van der Waals surface area contributed by atoms with Crippen LogP contribution >= 0.6 is 0 Å². The fourth-order valence-electron chi connectivity index (χ4n) is 2.46. The molecular weight excluding hydrogens is 634 g/mol. The quantitative estimate of drug-likeness (QED) is 0.203. The zero-order valence-corrected chi connectivity index (χ0v) is 23.5. The van der Waals surface area contributed by atoms with Gasteiger partial charge in [0.1, 0.15) is 0 Å². The van der Waals surface area contributed by atoms with Gasteiger partial charge >= 0.3 is 34.4 Å². The van der Waals surface area contributed by atoms with Crippen molar-refractivity contribution in [2.45, 2.75) is 41.5 Å². The summed E-state index contributed by atoms with van der Waals surface area (Å²) in [7, 11) is 0. The Balaban J connectivity index is -0.000000349. The number of nitrogens with zero attached hydrogens (tertiary/aromatic N) is 2. The number of aryl methyl sites for hydroxylation is 4. The Morgan fingerprint density at radius 3 is 1.00 bits per heavy atom. The minimum atomic E-state index is -9.19. The van der Waals surface area contributed by atoms with Gasteiger partial charge in [-0.25, -0.2) is 0 Å². The summed E-state index contributed by atoms with van der Waals surface area (Å²) in [6.45, 7) is 12.4. The Kier molecular flexibility index (Phi) is 17.7. The van der Waals surface area contributed by atoms with E-state index in [2.05, 4.69) is 64.1 Å². The summed E-state index contributed by atoms with van der Waals surface area (Å²) in [6, 6.07) is 12.5. The van der Waals surface area contributed by atoms with Crippen LogP contribution in [0.25, 0.3) is 10.6 Å². The average molecular weight is 665 g/mol. The van der Waals surface area contributed by atoms with Crippen LogP contribution in [0.4, 0.5) is 25.4 Å². The maximum Gasteiger partial charge on any atom is 0 e. The molecule has 0 aromatic heterocycles. The summed E-state index contributed by atoms with van der Waals surface area (Å²) in [5, 5.41) is 9.60. The van der Waals surface area contributed by atoms with Gasteiger partial charge in [0.05, 0.1) is 0 Å². The largest absolute Gasteiger partial charge is 0 e. The minimum absolute atomic E-state index is 0. The van der Waals surface area contributed by atoms with Crippen molar-refractivity contribution in [2.75, 3.05) is 0 Å². The standard InChI is InChI=1S/C20H24N2.2CH3.6FH.Pd.Sb/c1-13-9-7-10-14(2)19(13)21-17(5)18(6)22-20-15(3)11-8-12-16(20)4;;;;;;;;;;/h7-12H,1-6H3;2*1H3;6*1H;;/q-2;2*-1;;;;;;;;+5/p-6. The van der Waals surface area contributed by atoms with Gasteiger partial charge in [0, 0.05) is 20.4 Å². The maximum atomic E-state index is 9.91. The molecule has 0 spiro atoms. The topological polar surface area (TPSA) is 28.2 Å². The van der Waals surface area contributed by atoms with Crippen LogP contribution in [0.3, 0.4) is 0 Å². The Morgan fingerprint density at radius 1 is 0.625 bits per heavy atom. The number of allylic oxidation sites excluding steroid dienone is 2. The molecular formula is C22H30F6N2PdSb-5. The van der Waals surface area contributed by atoms with E-state index in [4.69, 9.17) is 10.6 Å². The molecule has 0 amide bonds. The fourth-order valence-corrected chi connectivity index (χ4v) is 2.46. The predicted molar refractivity (Wildman–Crippen MR) is 120 cm³/mol. The van der Waals surface area contributed by atoms with Gasteiger partial charge in [-0.15, -0.1) is 11.4 Å². The molecule has 2 nitrogen and oxygen atoms in total. The smallest absolute Gasteiger partial charge is 0 e. The van der Waals surface area contributed by atoms with Crippen molar-refractivity contribution in [1.82, 2.24) is 0 Å². The van der Waals surface area contributed by atoms with Crippen LogP contribution in [0.5, 0.6) is 0 Å². The van der Waals surface area contributed by atoms with Crippen molar-refractivity contribution in [3.8, 4) is 0 Å². The Bertz CT molecular complexity index is 762. The second kappa shape index (κ2) is 14.9. The molecule has 0 saturated heterocycles. The molecule has 10 heteroatoms. The average Bonchev–Trinajstić information content (AvgIpc) is 2.52. The van der Waals surface area contributed by atoms with Crippen LogP contribution in [0.15, 0.2) is 47.8 Å². The third-order valence-corrected chi connectivity index (χ3v) is 3.96. The van der Waals surface area contributed by atoms with E-state index >= 15 is 0 Å². The summed E-state index contributed by atoms with van der Waals surface area (Å²) >= 11 is -9.19. The first-order valence-corrected chi connectivity index (χ1v) is 13.3. The van der Waals surface area contributed by atoms with E-state index < -0.39 is 20.3 Å². The number of para-hydroxylation sites is 2. The van der Waals surface area contributed by atoms with Crippen LogP contribution in [0, 0.1) is 42.5 Å². The van der Waals surface area contributed by atoms with E-state index in [1.807, 2.05) is 13.8 Å². The zero-order valence-electron chi connectivity index (χ0n) is 19.4. The first-order chi connectivity index (χ1) is 12.6. The summed E-state index contributed by atoms with van der Waals surface area (Å²) in [6.07, 6.45) is 0. The van der Waals surface area contributed by atoms with Crippen molar-refractivity contribution in [1.29, 1.82) is 0 Å². The van der Waals surface area contributed by atoms with Gasteiger partial charge in [0.2, 0.25) is 0 Å². The number of halogens is 6. The predicted octanol–water partition coefficient (Wildman–Crippen LogP) is 6.50. The van der Waals surface area contributed by atoms with Crippen molar-refractivity contribution < 1.29 is 39.2 Å². The van der Waals surface area contributed by atoms with E-state index in [1.54, 1.807) is 0 Å². The first-order valence-electron chi connectivity index (χ1n) is 8.48. The summed E-state index contributed by atoms with van der Waals surface area (Å²) < 4.78 is 49.6. The van der Waals surface area contributed by atoms with Crippen molar-refractivity contribution in [2.24, 2.45) is 0 Å². The Labute approximate surface area is 207 Å². The molecule has 32 heavy (non-hydrogen) atoms. The Hall–Kier alpha value is -1.16.